The predicted molar refractivity (Wildman–Crippen MR) is 123 cm³/mol. The smallest absolute Gasteiger partial charge is 0.240 e. The Kier molecular flexibility index (Phi) is 7.03. The summed E-state index contributed by atoms with van der Waals surface area (Å²) in [6.07, 6.45) is 0. The van der Waals surface area contributed by atoms with E-state index in [2.05, 4.69) is 48.8 Å². The number of para-hydroxylation sites is 2. The van der Waals surface area contributed by atoms with Crippen LogP contribution in [-0.2, 0) is 11.3 Å². The molecule has 0 saturated carbocycles. The first-order valence-electron chi connectivity index (χ1n) is 10.8. The van der Waals surface area contributed by atoms with Gasteiger partial charge in [0.2, 0.25) is 5.91 Å². The van der Waals surface area contributed by atoms with Gasteiger partial charge in [0.15, 0.2) is 0 Å². The first-order valence-corrected chi connectivity index (χ1v) is 10.8. The molecule has 3 rings (SSSR count). The fraction of sp³-hybridized carbons (Fsp3) is 0.480. The van der Waals surface area contributed by atoms with E-state index in [1.54, 1.807) is 7.11 Å². The zero-order chi connectivity index (χ0) is 21.7. The average molecular weight is 410 g/mol. The Bertz CT molecular complexity index is 824. The van der Waals surface area contributed by atoms with E-state index in [1.807, 2.05) is 48.2 Å². The Hall–Kier alpha value is -2.53. The minimum absolute atomic E-state index is 0.146. The van der Waals surface area contributed by atoms with Crippen LogP contribution in [0.4, 0.5) is 5.69 Å². The maximum absolute atomic E-state index is 13.5. The summed E-state index contributed by atoms with van der Waals surface area (Å²) in [4.78, 5) is 20.2. The van der Waals surface area contributed by atoms with Gasteiger partial charge in [-0.3, -0.25) is 9.69 Å². The molecule has 0 N–H and O–H groups in total. The van der Waals surface area contributed by atoms with Crippen LogP contribution in [0.2, 0.25) is 0 Å². The van der Waals surface area contributed by atoms with Gasteiger partial charge in [0.1, 0.15) is 5.75 Å². The van der Waals surface area contributed by atoms with Crippen molar-refractivity contribution < 1.29 is 9.53 Å². The topological polar surface area (TPSA) is 36.0 Å². The second-order valence-corrected chi connectivity index (χ2v) is 8.95. The van der Waals surface area contributed by atoms with Crippen LogP contribution in [0, 0.1) is 0 Å². The molecule has 0 radical (unpaired) electrons. The lowest BCUT2D eigenvalue weighted by atomic mass is 10.0. The number of nitrogens with zero attached hydrogens (tertiary/aromatic N) is 3. The summed E-state index contributed by atoms with van der Waals surface area (Å²) < 4.78 is 5.52. The number of piperazine rings is 1. The lowest BCUT2D eigenvalue weighted by Crippen LogP contribution is -2.57. The molecular formula is C25H35N3O2. The van der Waals surface area contributed by atoms with Crippen LogP contribution in [-0.4, -0.2) is 60.6 Å². The van der Waals surface area contributed by atoms with Crippen molar-refractivity contribution in [3.05, 3.63) is 60.2 Å². The zero-order valence-corrected chi connectivity index (χ0v) is 19.0. The SMILES string of the molecule is COc1ccccc1N1CCN([C@@H](C)C(=O)N(Cc2ccccc2)C(C)(C)C)CC1. The van der Waals surface area contributed by atoms with Gasteiger partial charge in [-0.1, -0.05) is 42.5 Å². The third kappa shape index (κ3) is 5.14. The molecule has 5 nitrogen and oxygen atoms in total. The molecule has 0 aromatic heterocycles. The second-order valence-electron chi connectivity index (χ2n) is 8.95. The summed E-state index contributed by atoms with van der Waals surface area (Å²) in [5, 5.41) is 0. The summed E-state index contributed by atoms with van der Waals surface area (Å²) in [7, 11) is 1.71. The summed E-state index contributed by atoms with van der Waals surface area (Å²) in [6, 6.07) is 18.2. The molecule has 30 heavy (non-hydrogen) atoms. The van der Waals surface area contributed by atoms with Crippen molar-refractivity contribution in [3.63, 3.8) is 0 Å². The number of amides is 1. The van der Waals surface area contributed by atoms with Gasteiger partial charge in [-0.25, -0.2) is 0 Å². The summed E-state index contributed by atoms with van der Waals surface area (Å²) in [5.74, 6) is 1.09. The van der Waals surface area contributed by atoms with Gasteiger partial charge in [-0.15, -0.1) is 0 Å². The van der Waals surface area contributed by atoms with Crippen molar-refractivity contribution >= 4 is 11.6 Å². The van der Waals surface area contributed by atoms with Crippen LogP contribution < -0.4 is 9.64 Å². The molecule has 1 atom stereocenters. The number of hydrogen-bond acceptors (Lipinski definition) is 4. The fourth-order valence-electron chi connectivity index (χ4n) is 4.03. The number of hydrogen-bond donors (Lipinski definition) is 0. The monoisotopic (exact) mass is 409 g/mol. The van der Waals surface area contributed by atoms with Gasteiger partial charge in [0.05, 0.1) is 18.8 Å². The Morgan fingerprint density at radius 2 is 1.60 bits per heavy atom. The third-order valence-corrected chi connectivity index (χ3v) is 5.90. The molecule has 2 aromatic carbocycles. The Morgan fingerprint density at radius 1 is 1.00 bits per heavy atom. The van der Waals surface area contributed by atoms with E-state index < -0.39 is 0 Å². The maximum atomic E-state index is 13.5. The Labute approximate surface area is 181 Å². The highest BCUT2D eigenvalue weighted by Gasteiger charge is 2.34. The molecule has 2 aromatic rings. The van der Waals surface area contributed by atoms with E-state index in [0.29, 0.717) is 6.54 Å². The molecule has 1 saturated heterocycles. The van der Waals surface area contributed by atoms with E-state index in [-0.39, 0.29) is 17.5 Å². The highest BCUT2D eigenvalue weighted by molar-refractivity contribution is 5.82. The van der Waals surface area contributed by atoms with Crippen molar-refractivity contribution in [3.8, 4) is 5.75 Å². The molecule has 0 spiro atoms. The van der Waals surface area contributed by atoms with E-state index in [4.69, 9.17) is 4.74 Å². The van der Waals surface area contributed by atoms with Crippen molar-refractivity contribution in [1.82, 2.24) is 9.80 Å². The van der Waals surface area contributed by atoms with Gasteiger partial charge in [-0.05, 0) is 45.4 Å². The van der Waals surface area contributed by atoms with Crippen molar-refractivity contribution in [2.24, 2.45) is 0 Å². The van der Waals surface area contributed by atoms with Crippen molar-refractivity contribution in [2.75, 3.05) is 38.2 Å². The van der Waals surface area contributed by atoms with E-state index in [0.717, 1.165) is 43.2 Å². The second kappa shape index (κ2) is 9.52. The number of carbonyl (C=O) groups is 1. The molecule has 0 bridgehead atoms. The highest BCUT2D eigenvalue weighted by atomic mass is 16.5. The summed E-state index contributed by atoms with van der Waals surface area (Å²) >= 11 is 0. The predicted octanol–water partition coefficient (Wildman–Crippen LogP) is 4.03. The summed E-state index contributed by atoms with van der Waals surface area (Å²) in [6.45, 7) is 12.5. The van der Waals surface area contributed by atoms with Gasteiger partial charge >= 0.3 is 0 Å². The standard InChI is InChI=1S/C25H35N3O2/c1-20(24(29)28(25(2,3)4)19-21-11-7-6-8-12-21)26-15-17-27(18-16-26)22-13-9-10-14-23(22)30-5/h6-14,20H,15-19H2,1-5H3/t20-/m0/s1. The number of rotatable bonds is 6. The van der Waals surface area contributed by atoms with Crippen molar-refractivity contribution in [1.29, 1.82) is 0 Å². The number of anilines is 1. The minimum Gasteiger partial charge on any atom is -0.495 e. The average Bonchev–Trinajstić information content (AvgIpc) is 2.76. The molecular weight excluding hydrogens is 374 g/mol. The molecule has 0 aliphatic carbocycles. The number of methoxy groups -OCH3 is 1. The van der Waals surface area contributed by atoms with E-state index >= 15 is 0 Å². The van der Waals surface area contributed by atoms with E-state index in [1.165, 1.54) is 0 Å². The normalized spacial score (nSPS) is 16.2. The molecule has 1 heterocycles. The number of ether oxygens (including phenoxy) is 1. The van der Waals surface area contributed by atoms with Gasteiger partial charge in [0.25, 0.3) is 0 Å². The quantitative estimate of drug-likeness (QED) is 0.722. The van der Waals surface area contributed by atoms with Crippen LogP contribution >= 0.6 is 0 Å². The molecule has 0 unspecified atom stereocenters. The van der Waals surface area contributed by atoms with Gasteiger partial charge in [0, 0.05) is 38.3 Å². The maximum Gasteiger partial charge on any atom is 0.240 e. The largest absolute Gasteiger partial charge is 0.495 e. The first-order chi connectivity index (χ1) is 14.3. The van der Waals surface area contributed by atoms with Gasteiger partial charge in [-0.2, -0.15) is 0 Å². The molecule has 5 heteroatoms. The molecule has 1 aliphatic rings. The number of carbonyl (C=O) groups excluding carboxylic acids is 1. The molecule has 1 fully saturated rings. The lowest BCUT2D eigenvalue weighted by Gasteiger charge is -2.43. The van der Waals surface area contributed by atoms with Crippen LogP contribution in [0.1, 0.15) is 33.3 Å². The first kappa shape index (κ1) is 22.2. The summed E-state index contributed by atoms with van der Waals surface area (Å²) in [5.41, 5.74) is 2.05. The van der Waals surface area contributed by atoms with E-state index in [9.17, 15) is 4.79 Å². The zero-order valence-electron chi connectivity index (χ0n) is 19.0. The van der Waals surface area contributed by atoms with Crippen LogP contribution in [0.3, 0.4) is 0 Å². The fourth-order valence-corrected chi connectivity index (χ4v) is 4.03. The van der Waals surface area contributed by atoms with Crippen molar-refractivity contribution in [2.45, 2.75) is 45.8 Å². The van der Waals surface area contributed by atoms with Crippen LogP contribution in [0.5, 0.6) is 5.75 Å². The third-order valence-electron chi connectivity index (χ3n) is 5.90. The Morgan fingerprint density at radius 3 is 2.20 bits per heavy atom. The van der Waals surface area contributed by atoms with Crippen LogP contribution in [0.15, 0.2) is 54.6 Å². The molecule has 162 valence electrons. The molecule has 1 aliphatic heterocycles. The van der Waals surface area contributed by atoms with Gasteiger partial charge < -0.3 is 14.5 Å². The Balaban J connectivity index is 1.66. The molecule has 1 amide bonds. The van der Waals surface area contributed by atoms with Crippen LogP contribution in [0.25, 0.3) is 0 Å². The lowest BCUT2D eigenvalue weighted by molar-refractivity contribution is -0.142. The number of benzene rings is 2. The highest BCUT2D eigenvalue weighted by Crippen LogP contribution is 2.29. The minimum atomic E-state index is -0.236.